The molecule has 3 rings (SSSR count). The minimum atomic E-state index is -0.517. The highest BCUT2D eigenvalue weighted by Crippen LogP contribution is 2.35. The third-order valence-corrected chi connectivity index (χ3v) is 4.64. The lowest BCUT2D eigenvalue weighted by Gasteiger charge is -2.38. The van der Waals surface area contributed by atoms with Gasteiger partial charge in [-0.15, -0.1) is 0 Å². The molecule has 0 bridgehead atoms. The van der Waals surface area contributed by atoms with Gasteiger partial charge in [0, 0.05) is 33.2 Å². The van der Waals surface area contributed by atoms with Gasteiger partial charge in [0.05, 0.1) is 6.10 Å². The predicted octanol–water partition coefficient (Wildman–Crippen LogP) is 1.98. The Balaban J connectivity index is 1.68. The molecule has 6 nitrogen and oxygen atoms in total. The first-order valence-electron chi connectivity index (χ1n) is 8.44. The predicted molar refractivity (Wildman–Crippen MR) is 89.6 cm³/mol. The van der Waals surface area contributed by atoms with Crippen LogP contribution >= 0.6 is 0 Å². The number of aromatic nitrogens is 2. The van der Waals surface area contributed by atoms with Crippen LogP contribution in [0.1, 0.15) is 37.0 Å². The molecule has 1 N–H and O–H groups in total. The lowest BCUT2D eigenvalue weighted by Crippen LogP contribution is -2.45. The standard InChI is InChI=1S/C18H25N3O3/c1-14(22)13-21-10-8-18(23-2,9-11-21)17-19-16(20-24-17)12-15-6-4-3-5-7-15/h3-7,14,22H,8-13H2,1-2H3/t14-/m1/s1. The number of aliphatic hydroxyl groups excluding tert-OH is 1. The fraction of sp³-hybridized carbons (Fsp3) is 0.556. The molecule has 24 heavy (non-hydrogen) atoms. The van der Waals surface area contributed by atoms with Gasteiger partial charge in [-0.05, 0) is 25.3 Å². The maximum Gasteiger partial charge on any atom is 0.258 e. The summed E-state index contributed by atoms with van der Waals surface area (Å²) in [4.78, 5) is 6.83. The van der Waals surface area contributed by atoms with E-state index in [0.717, 1.165) is 31.5 Å². The van der Waals surface area contributed by atoms with Crippen molar-refractivity contribution in [2.24, 2.45) is 0 Å². The van der Waals surface area contributed by atoms with Gasteiger partial charge in [-0.2, -0.15) is 4.98 Å². The van der Waals surface area contributed by atoms with Crippen molar-refractivity contribution in [2.45, 2.75) is 37.9 Å². The molecule has 2 aromatic rings. The van der Waals surface area contributed by atoms with Crippen LogP contribution < -0.4 is 0 Å². The molecule has 130 valence electrons. The first-order valence-corrected chi connectivity index (χ1v) is 8.44. The molecular weight excluding hydrogens is 306 g/mol. The van der Waals surface area contributed by atoms with E-state index in [-0.39, 0.29) is 6.10 Å². The number of aliphatic hydroxyl groups is 1. The van der Waals surface area contributed by atoms with Crippen LogP contribution in [0.25, 0.3) is 0 Å². The molecule has 1 aliphatic rings. The lowest BCUT2D eigenvalue weighted by molar-refractivity contribution is -0.0859. The zero-order chi connectivity index (χ0) is 17.0. The van der Waals surface area contributed by atoms with Crippen molar-refractivity contribution in [1.29, 1.82) is 0 Å². The topological polar surface area (TPSA) is 71.6 Å². The number of hydrogen-bond donors (Lipinski definition) is 1. The van der Waals surface area contributed by atoms with E-state index in [2.05, 4.69) is 27.2 Å². The van der Waals surface area contributed by atoms with Crippen LogP contribution in [0.2, 0.25) is 0 Å². The molecule has 6 heteroatoms. The minimum Gasteiger partial charge on any atom is -0.392 e. The Labute approximate surface area is 142 Å². The average molecular weight is 331 g/mol. The smallest absolute Gasteiger partial charge is 0.258 e. The van der Waals surface area contributed by atoms with Gasteiger partial charge in [-0.1, -0.05) is 35.5 Å². The van der Waals surface area contributed by atoms with Crippen molar-refractivity contribution < 1.29 is 14.4 Å². The molecule has 1 aromatic heterocycles. The van der Waals surface area contributed by atoms with Crippen molar-refractivity contribution in [2.75, 3.05) is 26.7 Å². The van der Waals surface area contributed by atoms with E-state index < -0.39 is 5.60 Å². The Bertz CT molecular complexity index is 634. The summed E-state index contributed by atoms with van der Waals surface area (Å²) in [6.45, 7) is 4.18. The Kier molecular flexibility index (Phi) is 5.28. The average Bonchev–Trinajstić information content (AvgIpc) is 3.05. The summed E-state index contributed by atoms with van der Waals surface area (Å²) in [6, 6.07) is 10.1. The molecule has 1 saturated heterocycles. The quantitative estimate of drug-likeness (QED) is 0.873. The fourth-order valence-electron chi connectivity index (χ4n) is 3.27. The van der Waals surface area contributed by atoms with E-state index in [9.17, 15) is 5.11 Å². The highest BCUT2D eigenvalue weighted by atomic mass is 16.5. The summed E-state index contributed by atoms with van der Waals surface area (Å²) in [5, 5.41) is 13.7. The number of β-amino-alcohol motifs (C(OH)–C–C–N with tert-alkyl or cyclic N) is 1. The second kappa shape index (κ2) is 7.42. The van der Waals surface area contributed by atoms with E-state index in [4.69, 9.17) is 9.26 Å². The number of benzene rings is 1. The molecule has 0 saturated carbocycles. The van der Waals surface area contributed by atoms with Gasteiger partial charge in [0.25, 0.3) is 5.89 Å². The van der Waals surface area contributed by atoms with Crippen molar-refractivity contribution >= 4 is 0 Å². The largest absolute Gasteiger partial charge is 0.392 e. The molecule has 0 amide bonds. The van der Waals surface area contributed by atoms with Gasteiger partial charge in [0.1, 0.15) is 5.60 Å². The van der Waals surface area contributed by atoms with Gasteiger partial charge in [0.2, 0.25) is 0 Å². The molecule has 0 unspecified atom stereocenters. The number of rotatable bonds is 6. The second-order valence-electron chi connectivity index (χ2n) is 6.53. The van der Waals surface area contributed by atoms with Gasteiger partial charge in [-0.3, -0.25) is 0 Å². The van der Waals surface area contributed by atoms with E-state index in [1.54, 1.807) is 7.11 Å². The maximum absolute atomic E-state index is 9.54. The third kappa shape index (κ3) is 3.83. The molecule has 0 aliphatic carbocycles. The molecular formula is C18H25N3O3. The van der Waals surface area contributed by atoms with Crippen molar-refractivity contribution in [3.63, 3.8) is 0 Å². The SMILES string of the molecule is COC1(c2nc(Cc3ccccc3)no2)CCN(C[C@@H](C)O)CC1. The van der Waals surface area contributed by atoms with Gasteiger partial charge < -0.3 is 19.3 Å². The van der Waals surface area contributed by atoms with Crippen LogP contribution in [0.15, 0.2) is 34.9 Å². The molecule has 2 heterocycles. The van der Waals surface area contributed by atoms with Gasteiger partial charge in [-0.25, -0.2) is 0 Å². The van der Waals surface area contributed by atoms with Crippen LogP contribution in [0.5, 0.6) is 0 Å². The summed E-state index contributed by atoms with van der Waals surface area (Å²) < 4.78 is 11.3. The zero-order valence-electron chi connectivity index (χ0n) is 14.3. The highest BCUT2D eigenvalue weighted by molar-refractivity contribution is 5.18. The minimum absolute atomic E-state index is 0.319. The molecule has 1 fully saturated rings. The monoisotopic (exact) mass is 331 g/mol. The number of likely N-dealkylation sites (tertiary alicyclic amines) is 1. The number of ether oxygens (including phenoxy) is 1. The van der Waals surface area contributed by atoms with Crippen LogP contribution in [-0.2, 0) is 16.8 Å². The van der Waals surface area contributed by atoms with Crippen LogP contribution in [0.4, 0.5) is 0 Å². The lowest BCUT2D eigenvalue weighted by atomic mass is 9.90. The molecule has 0 radical (unpaired) electrons. The summed E-state index contributed by atoms with van der Waals surface area (Å²) in [5.74, 6) is 1.24. The number of piperidine rings is 1. The Morgan fingerprint density at radius 3 is 2.62 bits per heavy atom. The van der Waals surface area contributed by atoms with E-state index in [1.165, 1.54) is 0 Å². The third-order valence-electron chi connectivity index (χ3n) is 4.64. The summed E-state index contributed by atoms with van der Waals surface area (Å²) in [6.07, 6.45) is 1.89. The fourth-order valence-corrected chi connectivity index (χ4v) is 3.27. The Morgan fingerprint density at radius 2 is 2.00 bits per heavy atom. The van der Waals surface area contributed by atoms with Crippen molar-refractivity contribution in [1.82, 2.24) is 15.0 Å². The van der Waals surface area contributed by atoms with Crippen molar-refractivity contribution in [3.8, 4) is 0 Å². The normalized spacial score (nSPS) is 19.3. The summed E-state index contributed by atoms with van der Waals surface area (Å²) in [7, 11) is 1.70. The van der Waals surface area contributed by atoms with Crippen LogP contribution in [-0.4, -0.2) is 53.0 Å². The summed E-state index contributed by atoms with van der Waals surface area (Å²) >= 11 is 0. The van der Waals surface area contributed by atoms with Crippen LogP contribution in [0, 0.1) is 0 Å². The first kappa shape index (κ1) is 17.1. The first-order chi connectivity index (χ1) is 11.6. The zero-order valence-corrected chi connectivity index (χ0v) is 14.3. The number of hydrogen-bond acceptors (Lipinski definition) is 6. The van der Waals surface area contributed by atoms with Gasteiger partial charge >= 0.3 is 0 Å². The van der Waals surface area contributed by atoms with Crippen molar-refractivity contribution in [3.05, 3.63) is 47.6 Å². The number of nitrogens with zero attached hydrogens (tertiary/aromatic N) is 3. The van der Waals surface area contributed by atoms with E-state index in [0.29, 0.717) is 24.7 Å². The Morgan fingerprint density at radius 1 is 1.29 bits per heavy atom. The highest BCUT2D eigenvalue weighted by Gasteiger charge is 2.41. The van der Waals surface area contributed by atoms with E-state index >= 15 is 0 Å². The van der Waals surface area contributed by atoms with Crippen LogP contribution in [0.3, 0.4) is 0 Å². The maximum atomic E-state index is 9.54. The molecule has 1 aromatic carbocycles. The Hall–Kier alpha value is -1.76. The molecule has 0 spiro atoms. The number of methoxy groups -OCH3 is 1. The molecule has 1 atom stereocenters. The van der Waals surface area contributed by atoms with Gasteiger partial charge in [0.15, 0.2) is 5.82 Å². The van der Waals surface area contributed by atoms with E-state index in [1.807, 2.05) is 25.1 Å². The second-order valence-corrected chi connectivity index (χ2v) is 6.53. The molecule has 1 aliphatic heterocycles. The summed E-state index contributed by atoms with van der Waals surface area (Å²) in [5.41, 5.74) is 0.639.